The van der Waals surface area contributed by atoms with Crippen LogP contribution in [0.15, 0.2) is 62.1 Å². The number of carbonyl (C=O) groups excluding carboxylic acids is 2. The lowest BCUT2D eigenvalue weighted by atomic mass is 10.0. The molecular weight excluding hydrogens is 460 g/mol. The Kier molecular flexibility index (Phi) is 6.51. The van der Waals surface area contributed by atoms with Crippen LogP contribution in [-0.4, -0.2) is 30.2 Å². The number of allylic oxidation sites excluding steroid dienone is 1. The molecule has 176 valence electrons. The lowest BCUT2D eigenvalue weighted by molar-refractivity contribution is -0.139. The van der Waals surface area contributed by atoms with Crippen LogP contribution in [0, 0.1) is 0 Å². The zero-order valence-electron chi connectivity index (χ0n) is 19.0. The van der Waals surface area contributed by atoms with E-state index in [0.29, 0.717) is 32.1 Å². The Morgan fingerprint density at radius 2 is 2.06 bits per heavy atom. The number of carbonyl (C=O) groups is 2. The summed E-state index contributed by atoms with van der Waals surface area (Å²) in [5, 5.41) is 0. The molecule has 1 aliphatic rings. The molecule has 0 N–H and O–H groups in total. The Morgan fingerprint density at radius 1 is 1.26 bits per heavy atom. The average molecular weight is 483 g/mol. The first-order valence-electron chi connectivity index (χ1n) is 10.4. The van der Waals surface area contributed by atoms with Gasteiger partial charge in [0.15, 0.2) is 16.3 Å². The number of furan rings is 1. The van der Waals surface area contributed by atoms with E-state index in [2.05, 4.69) is 4.99 Å². The number of aromatic nitrogens is 1. The van der Waals surface area contributed by atoms with Crippen LogP contribution in [0.2, 0.25) is 0 Å². The van der Waals surface area contributed by atoms with Gasteiger partial charge >= 0.3 is 11.9 Å². The van der Waals surface area contributed by atoms with Crippen LogP contribution in [0.5, 0.6) is 11.5 Å². The number of fused-ring (bicyclic) bond motifs is 1. The normalized spacial score (nSPS) is 15.5. The Morgan fingerprint density at radius 3 is 2.71 bits per heavy atom. The van der Waals surface area contributed by atoms with Crippen LogP contribution < -0.4 is 24.4 Å². The predicted molar refractivity (Wildman–Crippen MR) is 123 cm³/mol. The fourth-order valence-corrected chi connectivity index (χ4v) is 4.72. The third-order valence-corrected chi connectivity index (χ3v) is 6.05. The van der Waals surface area contributed by atoms with Crippen molar-refractivity contribution in [3.63, 3.8) is 0 Å². The molecule has 0 radical (unpaired) electrons. The van der Waals surface area contributed by atoms with Crippen molar-refractivity contribution in [2.45, 2.75) is 26.8 Å². The minimum atomic E-state index is -0.798. The third kappa shape index (κ3) is 4.32. The summed E-state index contributed by atoms with van der Waals surface area (Å²) in [7, 11) is 1.46. The van der Waals surface area contributed by atoms with Gasteiger partial charge in [-0.3, -0.25) is 14.2 Å². The molecule has 10 heteroatoms. The standard InChI is InChI=1S/C24H22N2O7S/c1-5-31-23(29)20-13(2)25-24-26(21(20)17-7-6-10-32-17)22(28)19(34-24)12-15-8-9-16(33-14(3)27)18(11-15)30-4/h6-12,21H,5H2,1-4H3/b19-12+/t21-/m1/s1. The molecule has 0 saturated heterocycles. The van der Waals surface area contributed by atoms with Gasteiger partial charge in [-0.05, 0) is 49.8 Å². The van der Waals surface area contributed by atoms with E-state index < -0.39 is 18.0 Å². The molecule has 0 amide bonds. The van der Waals surface area contributed by atoms with Gasteiger partial charge < -0.3 is 18.6 Å². The van der Waals surface area contributed by atoms with Crippen LogP contribution in [0.4, 0.5) is 0 Å². The molecule has 0 spiro atoms. The van der Waals surface area contributed by atoms with Gasteiger partial charge in [0.25, 0.3) is 5.56 Å². The van der Waals surface area contributed by atoms with E-state index in [-0.39, 0.29) is 23.5 Å². The van der Waals surface area contributed by atoms with Crippen molar-refractivity contribution in [2.75, 3.05) is 13.7 Å². The van der Waals surface area contributed by atoms with Gasteiger partial charge in [0.05, 0.1) is 35.8 Å². The highest BCUT2D eigenvalue weighted by atomic mass is 32.1. The van der Waals surface area contributed by atoms with Crippen LogP contribution in [0.25, 0.3) is 6.08 Å². The number of ether oxygens (including phenoxy) is 3. The predicted octanol–water partition coefficient (Wildman–Crippen LogP) is 2.33. The van der Waals surface area contributed by atoms with E-state index in [1.807, 2.05) is 0 Å². The van der Waals surface area contributed by atoms with E-state index in [1.54, 1.807) is 50.3 Å². The monoisotopic (exact) mass is 482 g/mol. The zero-order chi connectivity index (χ0) is 24.4. The molecule has 0 aliphatic carbocycles. The van der Waals surface area contributed by atoms with Gasteiger partial charge in [-0.2, -0.15) is 0 Å². The number of benzene rings is 1. The van der Waals surface area contributed by atoms with E-state index in [1.165, 1.54) is 36.2 Å². The number of hydrogen-bond donors (Lipinski definition) is 0. The maximum Gasteiger partial charge on any atom is 0.338 e. The summed E-state index contributed by atoms with van der Waals surface area (Å²) in [6.07, 6.45) is 3.17. The second-order valence-corrected chi connectivity index (χ2v) is 8.33. The van der Waals surface area contributed by atoms with Gasteiger partial charge in [-0.15, -0.1) is 0 Å². The molecule has 0 bridgehead atoms. The minimum Gasteiger partial charge on any atom is -0.493 e. The van der Waals surface area contributed by atoms with Gasteiger partial charge in [-0.25, -0.2) is 9.79 Å². The molecule has 0 saturated carbocycles. The third-order valence-electron chi connectivity index (χ3n) is 5.07. The van der Waals surface area contributed by atoms with Crippen LogP contribution in [0.3, 0.4) is 0 Å². The fourth-order valence-electron chi connectivity index (χ4n) is 3.67. The first-order valence-corrected chi connectivity index (χ1v) is 11.2. The Balaban J connectivity index is 1.86. The van der Waals surface area contributed by atoms with Crippen LogP contribution in [-0.2, 0) is 14.3 Å². The van der Waals surface area contributed by atoms with Crippen molar-refractivity contribution in [3.8, 4) is 11.5 Å². The fraction of sp³-hybridized carbons (Fsp3) is 0.250. The topological polar surface area (TPSA) is 109 Å². The quantitative estimate of drug-likeness (QED) is 0.392. The lowest BCUT2D eigenvalue weighted by Gasteiger charge is -2.22. The molecule has 0 fully saturated rings. The number of methoxy groups -OCH3 is 1. The van der Waals surface area contributed by atoms with Crippen LogP contribution >= 0.6 is 11.3 Å². The summed E-state index contributed by atoms with van der Waals surface area (Å²) in [4.78, 5) is 42.5. The highest BCUT2D eigenvalue weighted by Crippen LogP contribution is 2.31. The second-order valence-electron chi connectivity index (χ2n) is 7.32. The van der Waals surface area contributed by atoms with Crippen LogP contribution in [0.1, 0.15) is 38.1 Å². The summed E-state index contributed by atoms with van der Waals surface area (Å²) < 4.78 is 23.1. The van der Waals surface area contributed by atoms with Gasteiger partial charge in [0, 0.05) is 6.92 Å². The number of esters is 2. The molecule has 3 aromatic rings. The summed E-state index contributed by atoms with van der Waals surface area (Å²) in [5.41, 5.74) is 1.04. The average Bonchev–Trinajstić information content (AvgIpc) is 3.42. The number of hydrogen-bond acceptors (Lipinski definition) is 9. The highest BCUT2D eigenvalue weighted by molar-refractivity contribution is 7.07. The Bertz CT molecular complexity index is 1460. The maximum absolute atomic E-state index is 13.5. The maximum atomic E-state index is 13.5. The van der Waals surface area contributed by atoms with E-state index >= 15 is 0 Å². The number of rotatable bonds is 6. The Hall–Kier alpha value is -3.92. The Labute approximate surface area is 198 Å². The van der Waals surface area contributed by atoms with Crippen molar-refractivity contribution in [1.82, 2.24) is 4.57 Å². The molecule has 9 nitrogen and oxygen atoms in total. The number of thiazole rings is 1. The zero-order valence-corrected chi connectivity index (χ0v) is 19.8. The van der Waals surface area contributed by atoms with Gasteiger partial charge in [-0.1, -0.05) is 17.4 Å². The highest BCUT2D eigenvalue weighted by Gasteiger charge is 2.35. The molecule has 1 atom stereocenters. The smallest absolute Gasteiger partial charge is 0.338 e. The molecule has 1 aliphatic heterocycles. The van der Waals surface area contributed by atoms with Gasteiger partial charge in [0.2, 0.25) is 0 Å². The molecule has 2 aromatic heterocycles. The molecule has 4 rings (SSSR count). The number of nitrogens with zero attached hydrogens (tertiary/aromatic N) is 2. The van der Waals surface area contributed by atoms with E-state index in [9.17, 15) is 14.4 Å². The summed E-state index contributed by atoms with van der Waals surface area (Å²) in [6, 6.07) is 7.57. The molecule has 34 heavy (non-hydrogen) atoms. The van der Waals surface area contributed by atoms with Crippen molar-refractivity contribution >= 4 is 29.4 Å². The van der Waals surface area contributed by atoms with Crippen molar-refractivity contribution in [3.05, 3.63) is 78.9 Å². The summed E-state index contributed by atoms with van der Waals surface area (Å²) >= 11 is 1.19. The van der Waals surface area contributed by atoms with Gasteiger partial charge in [0.1, 0.15) is 11.8 Å². The summed E-state index contributed by atoms with van der Waals surface area (Å²) in [6.45, 7) is 4.91. The first-order chi connectivity index (χ1) is 16.3. The van der Waals surface area contributed by atoms with Crippen molar-refractivity contribution in [1.29, 1.82) is 0 Å². The minimum absolute atomic E-state index is 0.191. The first kappa shape index (κ1) is 23.2. The van der Waals surface area contributed by atoms with E-state index in [0.717, 1.165) is 0 Å². The summed E-state index contributed by atoms with van der Waals surface area (Å²) in [5.74, 6) is 0.0412. The largest absolute Gasteiger partial charge is 0.493 e. The van der Waals surface area contributed by atoms with Crippen molar-refractivity contribution < 1.29 is 28.2 Å². The molecular formula is C24H22N2O7S. The van der Waals surface area contributed by atoms with E-state index in [4.69, 9.17) is 18.6 Å². The molecule has 0 unspecified atom stereocenters. The second kappa shape index (κ2) is 9.52. The SMILES string of the molecule is CCOC(=O)C1=C(C)N=c2s/c(=C/c3ccc(OC(C)=O)c(OC)c3)c(=O)n2[C@@H]1c1ccco1. The molecule has 1 aromatic carbocycles. The lowest BCUT2D eigenvalue weighted by Crippen LogP contribution is -2.39. The van der Waals surface area contributed by atoms with Crippen molar-refractivity contribution in [2.24, 2.45) is 4.99 Å². The molecule has 3 heterocycles.